The molecule has 4 heteroatoms. The summed E-state index contributed by atoms with van der Waals surface area (Å²) in [6, 6.07) is 0.581. The molecule has 1 aliphatic rings. The van der Waals surface area contributed by atoms with Gasteiger partial charge in [0.15, 0.2) is 0 Å². The molecule has 1 aromatic heterocycles. The molecule has 0 bridgehead atoms. The molecule has 0 radical (unpaired) electrons. The smallest absolute Gasteiger partial charge is 0.0991 e. The van der Waals surface area contributed by atoms with E-state index in [1.807, 2.05) is 11.6 Å². The lowest BCUT2D eigenvalue weighted by atomic mass is 10.3. The first kappa shape index (κ1) is 7.73. The lowest BCUT2D eigenvalue weighted by Crippen LogP contribution is -2.02. The Balaban J connectivity index is 2.27. The van der Waals surface area contributed by atoms with Gasteiger partial charge in [-0.15, -0.1) is 5.10 Å². The van der Waals surface area contributed by atoms with E-state index in [0.29, 0.717) is 12.6 Å². The monoisotopic (exact) mass is 166 g/mol. The minimum atomic E-state index is 0.493. The predicted molar refractivity (Wildman–Crippen MR) is 45.5 cm³/mol. The lowest BCUT2D eigenvalue weighted by Gasteiger charge is -1.99. The van der Waals surface area contributed by atoms with Crippen LogP contribution < -0.4 is 5.73 Å². The molecule has 0 aromatic carbocycles. The van der Waals surface area contributed by atoms with E-state index in [1.165, 1.54) is 6.42 Å². The molecule has 2 rings (SSSR count). The van der Waals surface area contributed by atoms with Gasteiger partial charge in [0, 0.05) is 6.54 Å². The maximum Gasteiger partial charge on any atom is 0.0991 e. The van der Waals surface area contributed by atoms with Gasteiger partial charge in [-0.25, -0.2) is 4.68 Å². The van der Waals surface area contributed by atoms with E-state index in [9.17, 15) is 0 Å². The van der Waals surface area contributed by atoms with Crippen molar-refractivity contribution in [2.75, 3.05) is 0 Å². The Hall–Kier alpha value is -0.900. The van der Waals surface area contributed by atoms with Gasteiger partial charge >= 0.3 is 0 Å². The van der Waals surface area contributed by atoms with E-state index in [2.05, 4.69) is 17.2 Å². The van der Waals surface area contributed by atoms with Gasteiger partial charge in [-0.2, -0.15) is 0 Å². The van der Waals surface area contributed by atoms with Gasteiger partial charge in [-0.05, 0) is 19.3 Å². The lowest BCUT2D eigenvalue weighted by molar-refractivity contribution is 0.566. The van der Waals surface area contributed by atoms with Crippen LogP contribution in [0.5, 0.6) is 0 Å². The zero-order chi connectivity index (χ0) is 8.72. The molecule has 1 aromatic rings. The van der Waals surface area contributed by atoms with Crippen LogP contribution in [0.2, 0.25) is 0 Å². The second-order valence-electron chi connectivity index (χ2n) is 3.55. The summed E-state index contributed by atoms with van der Waals surface area (Å²) in [4.78, 5) is 0. The third kappa shape index (κ3) is 1.03. The van der Waals surface area contributed by atoms with Gasteiger partial charge in [0.2, 0.25) is 0 Å². The normalized spacial score (nSPS) is 27.6. The number of rotatable bonds is 2. The minimum Gasteiger partial charge on any atom is -0.325 e. The van der Waals surface area contributed by atoms with Crippen LogP contribution in [0.15, 0.2) is 0 Å². The Morgan fingerprint density at radius 1 is 1.67 bits per heavy atom. The average molecular weight is 166 g/mol. The van der Waals surface area contributed by atoms with E-state index in [1.54, 1.807) is 0 Å². The summed E-state index contributed by atoms with van der Waals surface area (Å²) in [5.41, 5.74) is 7.56. The Kier molecular flexibility index (Phi) is 1.65. The van der Waals surface area contributed by atoms with Gasteiger partial charge in [0.1, 0.15) is 0 Å². The maximum absolute atomic E-state index is 5.50. The van der Waals surface area contributed by atoms with Gasteiger partial charge in [-0.1, -0.05) is 12.1 Å². The summed E-state index contributed by atoms with van der Waals surface area (Å²) in [6.07, 6.45) is 1.23. The summed E-state index contributed by atoms with van der Waals surface area (Å²) in [6.45, 7) is 4.76. The highest BCUT2D eigenvalue weighted by atomic mass is 15.5. The van der Waals surface area contributed by atoms with Crippen molar-refractivity contribution in [3.05, 3.63) is 11.4 Å². The molecule has 66 valence electrons. The maximum atomic E-state index is 5.50. The zero-order valence-electron chi connectivity index (χ0n) is 7.49. The molecule has 2 N–H and O–H groups in total. The quantitative estimate of drug-likeness (QED) is 0.701. The molecule has 4 nitrogen and oxygen atoms in total. The van der Waals surface area contributed by atoms with E-state index in [0.717, 1.165) is 17.3 Å². The first-order chi connectivity index (χ1) is 5.74. The molecule has 0 amide bonds. The second-order valence-corrected chi connectivity index (χ2v) is 3.55. The Morgan fingerprint density at radius 2 is 2.33 bits per heavy atom. The molecular weight excluding hydrogens is 152 g/mol. The van der Waals surface area contributed by atoms with Crippen LogP contribution in [0, 0.1) is 12.8 Å². The minimum absolute atomic E-state index is 0.493. The summed E-state index contributed by atoms with van der Waals surface area (Å²) in [5, 5.41) is 8.10. The topological polar surface area (TPSA) is 56.7 Å². The van der Waals surface area contributed by atoms with Crippen molar-refractivity contribution in [1.29, 1.82) is 0 Å². The molecule has 0 aliphatic heterocycles. The highest BCUT2D eigenvalue weighted by Crippen LogP contribution is 2.42. The molecule has 12 heavy (non-hydrogen) atoms. The molecule has 0 spiro atoms. The van der Waals surface area contributed by atoms with Crippen LogP contribution >= 0.6 is 0 Å². The number of aromatic nitrogens is 3. The van der Waals surface area contributed by atoms with Crippen LogP contribution in [0.3, 0.4) is 0 Å². The van der Waals surface area contributed by atoms with Crippen LogP contribution in [0.25, 0.3) is 0 Å². The fourth-order valence-corrected chi connectivity index (χ4v) is 1.52. The number of nitrogens with zero attached hydrogens (tertiary/aromatic N) is 3. The van der Waals surface area contributed by atoms with Crippen LogP contribution in [0.1, 0.15) is 30.8 Å². The Morgan fingerprint density at radius 3 is 2.75 bits per heavy atom. The average Bonchev–Trinajstić information content (AvgIpc) is 2.63. The third-order valence-corrected chi connectivity index (χ3v) is 2.60. The van der Waals surface area contributed by atoms with Crippen molar-refractivity contribution in [3.8, 4) is 0 Å². The van der Waals surface area contributed by atoms with E-state index in [-0.39, 0.29) is 0 Å². The number of hydrogen-bond acceptors (Lipinski definition) is 3. The second kappa shape index (κ2) is 2.55. The first-order valence-electron chi connectivity index (χ1n) is 4.34. The molecule has 1 fully saturated rings. The van der Waals surface area contributed by atoms with Crippen molar-refractivity contribution in [3.63, 3.8) is 0 Å². The molecule has 1 heterocycles. The molecule has 1 aliphatic carbocycles. The van der Waals surface area contributed by atoms with Gasteiger partial charge in [0.05, 0.1) is 17.4 Å². The van der Waals surface area contributed by atoms with Gasteiger partial charge in [-0.3, -0.25) is 0 Å². The number of hydrogen-bond donors (Lipinski definition) is 1. The number of nitrogens with two attached hydrogens (primary N) is 1. The van der Waals surface area contributed by atoms with Crippen LogP contribution in [-0.2, 0) is 6.54 Å². The largest absolute Gasteiger partial charge is 0.325 e. The summed E-state index contributed by atoms with van der Waals surface area (Å²) < 4.78 is 2.01. The first-order valence-corrected chi connectivity index (χ1v) is 4.34. The third-order valence-electron chi connectivity index (χ3n) is 2.60. The SMILES string of the molecule is Cc1c(CN)nnn1C1CC1C. The molecule has 0 saturated heterocycles. The highest BCUT2D eigenvalue weighted by molar-refractivity contribution is 5.10. The molecule has 2 unspecified atom stereocenters. The van der Waals surface area contributed by atoms with E-state index in [4.69, 9.17) is 5.73 Å². The molecule has 1 saturated carbocycles. The Bertz CT molecular complexity index is 291. The Labute approximate surface area is 71.8 Å². The fraction of sp³-hybridized carbons (Fsp3) is 0.750. The standard InChI is InChI=1S/C8H14N4/c1-5-3-8(5)12-6(2)7(4-9)10-11-12/h5,8H,3-4,9H2,1-2H3. The highest BCUT2D eigenvalue weighted by Gasteiger charge is 2.36. The van der Waals surface area contributed by atoms with Crippen molar-refractivity contribution in [2.45, 2.75) is 32.9 Å². The fourth-order valence-electron chi connectivity index (χ4n) is 1.52. The van der Waals surface area contributed by atoms with Gasteiger partial charge in [0.25, 0.3) is 0 Å². The van der Waals surface area contributed by atoms with E-state index < -0.39 is 0 Å². The van der Waals surface area contributed by atoms with Crippen LogP contribution in [0.4, 0.5) is 0 Å². The summed E-state index contributed by atoms with van der Waals surface area (Å²) in [5.74, 6) is 0.760. The van der Waals surface area contributed by atoms with Crippen LogP contribution in [-0.4, -0.2) is 15.0 Å². The van der Waals surface area contributed by atoms with Crippen molar-refractivity contribution in [2.24, 2.45) is 11.7 Å². The summed E-state index contributed by atoms with van der Waals surface area (Å²) >= 11 is 0. The summed E-state index contributed by atoms with van der Waals surface area (Å²) in [7, 11) is 0. The molecule has 2 atom stereocenters. The molecular formula is C8H14N4. The van der Waals surface area contributed by atoms with Crippen molar-refractivity contribution < 1.29 is 0 Å². The van der Waals surface area contributed by atoms with Crippen molar-refractivity contribution >= 4 is 0 Å². The van der Waals surface area contributed by atoms with Gasteiger partial charge < -0.3 is 5.73 Å². The zero-order valence-corrected chi connectivity index (χ0v) is 7.49. The predicted octanol–water partition coefficient (Wildman–Crippen LogP) is 0.626. The van der Waals surface area contributed by atoms with Crippen molar-refractivity contribution in [1.82, 2.24) is 15.0 Å². The van der Waals surface area contributed by atoms with E-state index >= 15 is 0 Å².